The number of hydrogen-bond acceptors (Lipinski definition) is 4. The van der Waals surface area contributed by atoms with Crippen molar-refractivity contribution in [1.29, 1.82) is 0 Å². The lowest BCUT2D eigenvalue weighted by atomic mass is 9.86. The Morgan fingerprint density at radius 1 is 1.00 bits per heavy atom. The molecule has 24 heavy (non-hydrogen) atoms. The highest BCUT2D eigenvalue weighted by Gasteiger charge is 2.27. The maximum atomic E-state index is 11.9. The van der Waals surface area contributed by atoms with Gasteiger partial charge in [0.2, 0.25) is 0 Å². The Hall–Kier alpha value is -2.04. The second-order valence-corrected chi connectivity index (χ2v) is 6.73. The molecule has 1 aromatic rings. The second kappa shape index (κ2) is 8.18. The number of nitrogens with zero attached hydrogens (tertiary/aromatic N) is 1. The van der Waals surface area contributed by atoms with Crippen molar-refractivity contribution in [2.75, 3.05) is 29.9 Å². The van der Waals surface area contributed by atoms with Crippen LogP contribution in [-0.2, 0) is 14.3 Å². The first-order valence-corrected chi connectivity index (χ1v) is 9.04. The molecule has 1 aliphatic heterocycles. The molecular formula is C19H26N2O3. The fourth-order valence-corrected chi connectivity index (χ4v) is 3.18. The molecule has 0 aromatic heterocycles. The molecule has 1 N–H and O–H groups in total. The summed E-state index contributed by atoms with van der Waals surface area (Å²) in [5.41, 5.74) is 1.93. The van der Waals surface area contributed by atoms with Crippen LogP contribution in [0.4, 0.5) is 11.4 Å². The van der Waals surface area contributed by atoms with Crippen LogP contribution in [0.1, 0.15) is 44.9 Å². The molecule has 1 saturated carbocycles. The molecule has 0 atom stereocenters. The highest BCUT2D eigenvalue weighted by molar-refractivity contribution is 5.93. The molecule has 130 valence electrons. The Labute approximate surface area is 143 Å². The summed E-state index contributed by atoms with van der Waals surface area (Å²) < 4.78 is 5.05. The summed E-state index contributed by atoms with van der Waals surface area (Å²) in [5, 5.41) is 2.78. The Morgan fingerprint density at radius 2 is 1.67 bits per heavy atom. The van der Waals surface area contributed by atoms with E-state index in [-0.39, 0.29) is 24.4 Å². The van der Waals surface area contributed by atoms with E-state index in [9.17, 15) is 9.59 Å². The molecule has 3 rings (SSSR count). The predicted octanol–water partition coefficient (Wildman–Crippen LogP) is 3.35. The maximum absolute atomic E-state index is 11.9. The molecular weight excluding hydrogens is 304 g/mol. The van der Waals surface area contributed by atoms with Crippen LogP contribution in [-0.4, -0.2) is 31.6 Å². The molecule has 2 fully saturated rings. The largest absolute Gasteiger partial charge is 0.455 e. The van der Waals surface area contributed by atoms with Crippen molar-refractivity contribution in [3.63, 3.8) is 0 Å². The van der Waals surface area contributed by atoms with Crippen LogP contribution in [0.5, 0.6) is 0 Å². The zero-order chi connectivity index (χ0) is 16.8. The lowest BCUT2D eigenvalue weighted by molar-refractivity contribution is -0.154. The summed E-state index contributed by atoms with van der Waals surface area (Å²) in [6, 6.07) is 7.90. The van der Waals surface area contributed by atoms with Gasteiger partial charge >= 0.3 is 5.97 Å². The van der Waals surface area contributed by atoms with Crippen molar-refractivity contribution in [2.24, 2.45) is 5.92 Å². The van der Waals surface area contributed by atoms with Crippen molar-refractivity contribution in [2.45, 2.75) is 44.9 Å². The maximum Gasteiger partial charge on any atom is 0.309 e. The zero-order valence-corrected chi connectivity index (χ0v) is 14.1. The number of esters is 1. The van der Waals surface area contributed by atoms with Gasteiger partial charge in [-0.3, -0.25) is 9.59 Å². The van der Waals surface area contributed by atoms with E-state index in [1.165, 1.54) is 31.4 Å². The third-order valence-electron chi connectivity index (χ3n) is 4.91. The highest BCUT2D eigenvalue weighted by Crippen LogP contribution is 2.27. The lowest BCUT2D eigenvalue weighted by Gasteiger charge is -2.23. The van der Waals surface area contributed by atoms with Crippen molar-refractivity contribution in [3.8, 4) is 0 Å². The number of rotatable bonds is 5. The zero-order valence-electron chi connectivity index (χ0n) is 14.1. The average Bonchev–Trinajstić information content (AvgIpc) is 2.81. The van der Waals surface area contributed by atoms with Crippen molar-refractivity contribution >= 4 is 23.3 Å². The van der Waals surface area contributed by atoms with Crippen LogP contribution in [0.25, 0.3) is 0 Å². The number of nitrogens with one attached hydrogen (secondary N) is 1. The van der Waals surface area contributed by atoms with Gasteiger partial charge in [0, 0.05) is 24.5 Å². The lowest BCUT2D eigenvalue weighted by Crippen LogP contribution is -2.28. The fourth-order valence-electron chi connectivity index (χ4n) is 3.18. The Kier molecular flexibility index (Phi) is 5.72. The smallest absolute Gasteiger partial charge is 0.309 e. The van der Waals surface area contributed by atoms with E-state index >= 15 is 0 Å². The number of carbonyl (C=O) groups excluding carboxylic acids is 2. The van der Waals surface area contributed by atoms with Crippen LogP contribution in [0.15, 0.2) is 24.3 Å². The van der Waals surface area contributed by atoms with E-state index in [0.717, 1.165) is 38.0 Å². The number of anilines is 2. The molecule has 0 spiro atoms. The monoisotopic (exact) mass is 330 g/mol. The molecule has 1 aromatic carbocycles. The first-order chi connectivity index (χ1) is 11.7. The SMILES string of the molecule is O=C(COC(=O)C1CCC1)Nc1ccc(N2CCCCCC2)cc1. The molecule has 0 radical (unpaired) electrons. The van der Waals surface area contributed by atoms with Gasteiger partial charge in [-0.15, -0.1) is 0 Å². The Balaban J connectivity index is 1.46. The molecule has 5 nitrogen and oxygen atoms in total. The van der Waals surface area contributed by atoms with Crippen LogP contribution in [0, 0.1) is 5.92 Å². The number of carbonyl (C=O) groups is 2. The summed E-state index contributed by atoms with van der Waals surface area (Å²) in [6.45, 7) is 1.99. The van der Waals surface area contributed by atoms with E-state index in [0.29, 0.717) is 0 Å². The van der Waals surface area contributed by atoms with Crippen LogP contribution in [0.2, 0.25) is 0 Å². The van der Waals surface area contributed by atoms with Crippen LogP contribution >= 0.6 is 0 Å². The van der Waals surface area contributed by atoms with Gasteiger partial charge in [-0.25, -0.2) is 0 Å². The number of amides is 1. The minimum Gasteiger partial charge on any atom is -0.455 e. The highest BCUT2D eigenvalue weighted by atomic mass is 16.5. The third kappa shape index (κ3) is 4.49. The summed E-state index contributed by atoms with van der Waals surface area (Å²) >= 11 is 0. The van der Waals surface area contributed by atoms with E-state index in [2.05, 4.69) is 10.2 Å². The molecule has 1 heterocycles. The number of hydrogen-bond donors (Lipinski definition) is 1. The van der Waals surface area contributed by atoms with Crippen molar-refractivity contribution in [1.82, 2.24) is 0 Å². The average molecular weight is 330 g/mol. The van der Waals surface area contributed by atoms with Crippen LogP contribution < -0.4 is 10.2 Å². The summed E-state index contributed by atoms with van der Waals surface area (Å²) in [4.78, 5) is 25.9. The normalized spacial score (nSPS) is 18.4. The third-order valence-corrected chi connectivity index (χ3v) is 4.91. The quantitative estimate of drug-likeness (QED) is 0.841. The first kappa shape index (κ1) is 16.8. The second-order valence-electron chi connectivity index (χ2n) is 6.73. The summed E-state index contributed by atoms with van der Waals surface area (Å²) in [6.07, 6.45) is 7.95. The van der Waals surface area contributed by atoms with Gasteiger partial charge in [0.05, 0.1) is 5.92 Å². The van der Waals surface area contributed by atoms with E-state index < -0.39 is 0 Å². The van der Waals surface area contributed by atoms with Crippen LogP contribution in [0.3, 0.4) is 0 Å². The van der Waals surface area contributed by atoms with E-state index in [4.69, 9.17) is 4.74 Å². The number of benzene rings is 1. The van der Waals surface area contributed by atoms with Crippen molar-refractivity contribution < 1.29 is 14.3 Å². The standard InChI is InChI=1S/C19H26N2O3/c22-18(14-24-19(23)15-6-5-7-15)20-16-8-10-17(11-9-16)21-12-3-1-2-4-13-21/h8-11,15H,1-7,12-14H2,(H,20,22). The van der Waals surface area contributed by atoms with Gasteiger partial charge in [-0.2, -0.15) is 0 Å². The minimum atomic E-state index is -0.287. The Morgan fingerprint density at radius 3 is 2.25 bits per heavy atom. The van der Waals surface area contributed by atoms with Gasteiger partial charge in [0.25, 0.3) is 5.91 Å². The van der Waals surface area contributed by atoms with Gasteiger partial charge < -0.3 is 15.0 Å². The molecule has 1 aliphatic carbocycles. The van der Waals surface area contributed by atoms with Gasteiger partial charge in [-0.05, 0) is 49.9 Å². The minimum absolute atomic E-state index is 0.00529. The predicted molar refractivity (Wildman–Crippen MR) is 94.1 cm³/mol. The van der Waals surface area contributed by atoms with Gasteiger partial charge in [0.1, 0.15) is 0 Å². The first-order valence-electron chi connectivity index (χ1n) is 9.04. The molecule has 0 unspecified atom stereocenters. The molecule has 1 saturated heterocycles. The topological polar surface area (TPSA) is 58.6 Å². The van der Waals surface area contributed by atoms with Gasteiger partial charge in [-0.1, -0.05) is 19.3 Å². The molecule has 5 heteroatoms. The van der Waals surface area contributed by atoms with Gasteiger partial charge in [0.15, 0.2) is 6.61 Å². The van der Waals surface area contributed by atoms with E-state index in [1.54, 1.807) is 0 Å². The summed E-state index contributed by atoms with van der Waals surface area (Å²) in [5.74, 6) is -0.524. The summed E-state index contributed by atoms with van der Waals surface area (Å²) in [7, 11) is 0. The fraction of sp³-hybridized carbons (Fsp3) is 0.579. The van der Waals surface area contributed by atoms with E-state index in [1.807, 2.05) is 24.3 Å². The number of ether oxygens (including phenoxy) is 1. The molecule has 0 bridgehead atoms. The van der Waals surface area contributed by atoms with Crippen molar-refractivity contribution in [3.05, 3.63) is 24.3 Å². The molecule has 2 aliphatic rings. The molecule has 1 amide bonds. The Bertz CT molecular complexity index is 558.